The second kappa shape index (κ2) is 7.63. The Morgan fingerprint density at radius 3 is 2.68 bits per heavy atom. The highest BCUT2D eigenvalue weighted by atomic mass is 32.1. The van der Waals surface area contributed by atoms with Crippen molar-refractivity contribution < 1.29 is 14.4 Å². The van der Waals surface area contributed by atoms with Crippen molar-refractivity contribution in [2.24, 2.45) is 5.41 Å². The molecule has 1 saturated heterocycles. The predicted octanol–water partition coefficient (Wildman–Crippen LogP) is 3.14. The molecule has 0 bridgehead atoms. The maximum atomic E-state index is 13.1. The molecule has 1 unspecified atom stereocenters. The van der Waals surface area contributed by atoms with Gasteiger partial charge in [-0.2, -0.15) is 0 Å². The molecule has 9 nitrogen and oxygen atoms in total. The number of ketones is 1. The number of aromatic amines is 1. The van der Waals surface area contributed by atoms with E-state index in [0.29, 0.717) is 30.8 Å². The highest BCUT2D eigenvalue weighted by molar-refractivity contribution is 7.16. The van der Waals surface area contributed by atoms with Gasteiger partial charge in [0, 0.05) is 41.0 Å². The lowest BCUT2D eigenvalue weighted by molar-refractivity contribution is 0.0759. The van der Waals surface area contributed by atoms with Crippen LogP contribution in [0.4, 0.5) is 5.13 Å². The summed E-state index contributed by atoms with van der Waals surface area (Å²) < 4.78 is 0. The standard InChI is InChI=1S/C24H28N6O3S/c1-23(2)11-24(3,4)18(31)17-16(23)14-9-12(5-6-15(14)27-17)19(32)26-13-7-8-30(10-13)21(33)20-28-29-22(25)34-20/h5-6,9,13,27H,7-8,10-11H2,1-4H3,(H2,25,29)(H,26,32). The van der Waals surface area contributed by atoms with Crippen LogP contribution in [0.1, 0.15) is 76.7 Å². The van der Waals surface area contributed by atoms with Crippen LogP contribution in [0.2, 0.25) is 0 Å². The number of hydrogen-bond acceptors (Lipinski definition) is 7. The zero-order valence-corrected chi connectivity index (χ0v) is 20.5. The first kappa shape index (κ1) is 22.5. The summed E-state index contributed by atoms with van der Waals surface area (Å²) in [6, 6.07) is 5.35. The van der Waals surface area contributed by atoms with Crippen molar-refractivity contribution in [2.75, 3.05) is 18.8 Å². The second-order valence-corrected chi connectivity index (χ2v) is 11.6. The molecule has 0 radical (unpaired) electrons. The number of nitrogens with zero attached hydrogens (tertiary/aromatic N) is 3. The Morgan fingerprint density at radius 1 is 1.21 bits per heavy atom. The molecule has 4 N–H and O–H groups in total. The smallest absolute Gasteiger partial charge is 0.284 e. The Labute approximate surface area is 201 Å². The van der Waals surface area contributed by atoms with Crippen molar-refractivity contribution >= 4 is 45.0 Å². The Hall–Kier alpha value is -3.27. The van der Waals surface area contributed by atoms with E-state index in [9.17, 15) is 14.4 Å². The molecular weight excluding hydrogens is 452 g/mol. The molecule has 1 fully saturated rings. The zero-order valence-electron chi connectivity index (χ0n) is 19.7. The summed E-state index contributed by atoms with van der Waals surface area (Å²) in [6.45, 7) is 9.20. The molecule has 2 aliphatic rings. The minimum Gasteiger partial charge on any atom is -0.374 e. The third-order valence-electron chi connectivity index (χ3n) is 6.90. The lowest BCUT2D eigenvalue weighted by Gasteiger charge is -2.39. The fraction of sp³-hybridized carbons (Fsp3) is 0.458. The lowest BCUT2D eigenvalue weighted by Crippen LogP contribution is -2.39. The molecule has 10 heteroatoms. The van der Waals surface area contributed by atoms with Crippen LogP contribution >= 0.6 is 11.3 Å². The number of fused-ring (bicyclic) bond motifs is 3. The minimum absolute atomic E-state index is 0.108. The first-order chi connectivity index (χ1) is 16.0. The van der Waals surface area contributed by atoms with E-state index in [1.54, 1.807) is 11.0 Å². The maximum Gasteiger partial charge on any atom is 0.284 e. The van der Waals surface area contributed by atoms with E-state index in [1.165, 1.54) is 0 Å². The van der Waals surface area contributed by atoms with Gasteiger partial charge in [-0.3, -0.25) is 14.4 Å². The van der Waals surface area contributed by atoms with E-state index in [4.69, 9.17) is 5.73 Å². The number of nitrogens with one attached hydrogen (secondary N) is 2. The van der Waals surface area contributed by atoms with Crippen LogP contribution in [0, 0.1) is 5.41 Å². The molecule has 178 valence electrons. The monoisotopic (exact) mass is 480 g/mol. The third-order valence-corrected chi connectivity index (χ3v) is 7.64. The Kier molecular flexibility index (Phi) is 5.05. The molecule has 1 atom stereocenters. The van der Waals surface area contributed by atoms with E-state index >= 15 is 0 Å². The summed E-state index contributed by atoms with van der Waals surface area (Å²) in [5.41, 5.74) is 7.95. The van der Waals surface area contributed by atoms with E-state index in [0.717, 1.165) is 34.2 Å². The minimum atomic E-state index is -0.441. The molecule has 2 amide bonds. The van der Waals surface area contributed by atoms with E-state index < -0.39 is 5.41 Å². The summed E-state index contributed by atoms with van der Waals surface area (Å²) in [7, 11) is 0. The Bertz CT molecular complexity index is 1340. The first-order valence-electron chi connectivity index (χ1n) is 11.4. The number of likely N-dealkylation sites (tertiary alicyclic amines) is 1. The van der Waals surface area contributed by atoms with Crippen molar-refractivity contribution in [1.29, 1.82) is 0 Å². The van der Waals surface area contributed by atoms with E-state index in [1.807, 2.05) is 26.0 Å². The first-order valence-corrected chi connectivity index (χ1v) is 12.2. The number of Topliss-reactive ketones (excluding diaryl/α,β-unsaturated/α-hetero) is 1. The van der Waals surface area contributed by atoms with Crippen LogP contribution in [0.25, 0.3) is 10.9 Å². The number of H-pyrrole nitrogens is 1. The molecular formula is C24H28N6O3S. The average molecular weight is 481 g/mol. The summed E-state index contributed by atoms with van der Waals surface area (Å²) in [5, 5.41) is 12.0. The highest BCUT2D eigenvalue weighted by Crippen LogP contribution is 2.48. The number of nitrogen functional groups attached to an aromatic ring is 1. The molecule has 34 heavy (non-hydrogen) atoms. The third kappa shape index (κ3) is 3.66. The maximum absolute atomic E-state index is 13.1. The van der Waals surface area contributed by atoms with Gasteiger partial charge in [-0.15, -0.1) is 10.2 Å². The number of hydrogen-bond donors (Lipinski definition) is 3. The largest absolute Gasteiger partial charge is 0.374 e. The van der Waals surface area contributed by atoms with Gasteiger partial charge in [0.05, 0.1) is 5.69 Å². The Balaban J connectivity index is 1.36. The number of rotatable bonds is 3. The number of amides is 2. The quantitative estimate of drug-likeness (QED) is 0.527. The molecule has 0 spiro atoms. The molecule has 3 heterocycles. The zero-order chi connectivity index (χ0) is 24.4. The van der Waals surface area contributed by atoms with Crippen LogP contribution in [0.5, 0.6) is 0 Å². The van der Waals surface area contributed by atoms with Crippen molar-refractivity contribution in [2.45, 2.75) is 52.0 Å². The van der Waals surface area contributed by atoms with E-state index in [-0.39, 0.29) is 39.2 Å². The van der Waals surface area contributed by atoms with Gasteiger partial charge in [-0.25, -0.2) is 0 Å². The second-order valence-electron chi connectivity index (χ2n) is 10.6. The lowest BCUT2D eigenvalue weighted by atomic mass is 9.63. The van der Waals surface area contributed by atoms with Gasteiger partial charge in [0.15, 0.2) is 5.78 Å². The number of carbonyl (C=O) groups excluding carboxylic acids is 3. The fourth-order valence-corrected chi connectivity index (χ4v) is 6.18. The SMILES string of the molecule is CC1(C)CC(C)(C)c2c([nH]c3ccc(C(=O)NC4CCN(C(=O)c5nnc(N)s5)C4)cc23)C1=O. The van der Waals surface area contributed by atoms with Crippen molar-refractivity contribution in [3.63, 3.8) is 0 Å². The number of aromatic nitrogens is 3. The fourth-order valence-electron chi connectivity index (χ4n) is 5.61. The van der Waals surface area contributed by atoms with Crippen molar-refractivity contribution in [3.8, 4) is 0 Å². The highest BCUT2D eigenvalue weighted by Gasteiger charge is 2.45. The number of benzene rings is 1. The van der Waals surface area contributed by atoms with Crippen molar-refractivity contribution in [1.82, 2.24) is 25.4 Å². The van der Waals surface area contributed by atoms with Crippen LogP contribution in [0.3, 0.4) is 0 Å². The average Bonchev–Trinajstić information content (AvgIpc) is 3.48. The number of carbonyl (C=O) groups is 3. The van der Waals surface area contributed by atoms with Crippen LogP contribution < -0.4 is 11.1 Å². The van der Waals surface area contributed by atoms with Gasteiger partial charge in [-0.05, 0) is 42.0 Å². The van der Waals surface area contributed by atoms with Gasteiger partial charge < -0.3 is 20.9 Å². The van der Waals surface area contributed by atoms with Crippen LogP contribution in [0.15, 0.2) is 18.2 Å². The van der Waals surface area contributed by atoms with Gasteiger partial charge >= 0.3 is 0 Å². The number of anilines is 1. The van der Waals surface area contributed by atoms with Gasteiger partial charge in [-0.1, -0.05) is 39.0 Å². The summed E-state index contributed by atoms with van der Waals surface area (Å²) in [6.07, 6.45) is 1.39. The predicted molar refractivity (Wildman–Crippen MR) is 130 cm³/mol. The van der Waals surface area contributed by atoms with E-state index in [2.05, 4.69) is 34.3 Å². The molecule has 3 aromatic rings. The van der Waals surface area contributed by atoms with Crippen molar-refractivity contribution in [3.05, 3.63) is 40.0 Å². The molecule has 0 saturated carbocycles. The number of nitrogens with two attached hydrogens (primary N) is 1. The normalized spacial score (nSPS) is 21.0. The molecule has 2 aromatic heterocycles. The van der Waals surface area contributed by atoms with Gasteiger partial charge in [0.1, 0.15) is 0 Å². The van der Waals surface area contributed by atoms with Crippen LogP contribution in [-0.2, 0) is 5.41 Å². The van der Waals surface area contributed by atoms with Crippen LogP contribution in [-0.4, -0.2) is 56.8 Å². The van der Waals surface area contributed by atoms with Gasteiger partial charge in [0.2, 0.25) is 10.1 Å². The summed E-state index contributed by atoms with van der Waals surface area (Å²) in [4.78, 5) is 43.7. The van der Waals surface area contributed by atoms with Gasteiger partial charge in [0.25, 0.3) is 11.8 Å². The summed E-state index contributed by atoms with van der Waals surface area (Å²) in [5.74, 6) is -0.311. The topological polar surface area (TPSA) is 134 Å². The molecule has 1 aliphatic carbocycles. The molecule has 1 aliphatic heterocycles. The molecule has 1 aromatic carbocycles. The Morgan fingerprint density at radius 2 is 1.97 bits per heavy atom. The summed E-state index contributed by atoms with van der Waals surface area (Å²) >= 11 is 1.06. The molecule has 5 rings (SSSR count).